The summed E-state index contributed by atoms with van der Waals surface area (Å²) in [7, 11) is 2.24. The zero-order chi connectivity index (χ0) is 30.7. The Morgan fingerprint density at radius 1 is 0.974 bits per heavy atom. The molecule has 224 valence electrons. The van der Waals surface area contributed by atoms with Crippen LogP contribution >= 0.6 is 0 Å². The van der Waals surface area contributed by atoms with Crippen molar-refractivity contribution < 1.29 is 80.2 Å². The third-order valence-electron chi connectivity index (χ3n) is 4.75. The van der Waals surface area contributed by atoms with Crippen LogP contribution in [0.25, 0.3) is 0 Å². The van der Waals surface area contributed by atoms with E-state index in [9.17, 15) is 37.1 Å². The van der Waals surface area contributed by atoms with Crippen molar-refractivity contribution in [3.8, 4) is 0 Å². The summed E-state index contributed by atoms with van der Waals surface area (Å²) in [6.07, 6.45) is -10.8. The van der Waals surface area contributed by atoms with Crippen molar-refractivity contribution in [3.05, 3.63) is 0 Å². The lowest BCUT2D eigenvalue weighted by Crippen LogP contribution is -2.67. The molecular formula is C21H30F3NO14. The van der Waals surface area contributed by atoms with E-state index in [1.807, 2.05) is 0 Å². The standard InChI is InChI=1S/C19H29NO12.C2HF3O2/c1-9(21)28-8-14(30-11(3)23)16(31-12(4)24)17-15(20)13(29-10(2)22)7-19(27-6,32-17)18(25)26-5;3-2(4,5)1(6)7/h13-17H,7-8,20H2,1-6H3;(H,6,7)/t13-,14+,15+,16+,17+,19+;/m0./s1. The Kier molecular flexibility index (Phi) is 13.8. The van der Waals surface area contributed by atoms with Gasteiger partial charge in [-0.15, -0.1) is 0 Å². The number of rotatable bonds is 9. The summed E-state index contributed by atoms with van der Waals surface area (Å²) in [5, 5.41) is 7.12. The van der Waals surface area contributed by atoms with E-state index in [1.54, 1.807) is 0 Å². The Morgan fingerprint density at radius 3 is 1.85 bits per heavy atom. The molecule has 0 amide bonds. The molecule has 0 spiro atoms. The fourth-order valence-electron chi connectivity index (χ4n) is 3.23. The van der Waals surface area contributed by atoms with Gasteiger partial charge in [0, 0.05) is 34.8 Å². The summed E-state index contributed by atoms with van der Waals surface area (Å²) in [5.41, 5.74) is 6.24. The van der Waals surface area contributed by atoms with Crippen LogP contribution in [0.1, 0.15) is 34.1 Å². The first-order chi connectivity index (χ1) is 17.8. The van der Waals surface area contributed by atoms with Gasteiger partial charge in [-0.2, -0.15) is 13.2 Å². The summed E-state index contributed by atoms with van der Waals surface area (Å²) >= 11 is 0. The molecule has 39 heavy (non-hydrogen) atoms. The smallest absolute Gasteiger partial charge is 0.475 e. The van der Waals surface area contributed by atoms with Crippen LogP contribution in [0.5, 0.6) is 0 Å². The number of alkyl halides is 3. The molecule has 1 fully saturated rings. The van der Waals surface area contributed by atoms with Crippen LogP contribution < -0.4 is 5.73 Å². The predicted octanol–water partition coefficient (Wildman–Crippen LogP) is -0.390. The number of carboxylic acid groups (broad SMARTS) is 1. The lowest BCUT2D eigenvalue weighted by Gasteiger charge is -2.46. The normalized spacial score (nSPS) is 24.0. The van der Waals surface area contributed by atoms with E-state index < -0.39 is 84.8 Å². The van der Waals surface area contributed by atoms with E-state index >= 15 is 0 Å². The maximum atomic E-state index is 12.5. The second kappa shape index (κ2) is 15.2. The molecule has 3 N–H and O–H groups in total. The number of hydrogen-bond acceptors (Lipinski definition) is 14. The van der Waals surface area contributed by atoms with Gasteiger partial charge in [-0.1, -0.05) is 0 Å². The van der Waals surface area contributed by atoms with Gasteiger partial charge in [0.15, 0.2) is 12.2 Å². The number of aliphatic carboxylic acids is 1. The molecule has 0 aliphatic carbocycles. The molecule has 6 atom stereocenters. The Morgan fingerprint density at radius 2 is 1.49 bits per heavy atom. The Hall–Kier alpha value is -3.51. The Balaban J connectivity index is 0.00000181. The molecule has 1 aliphatic rings. The number of hydrogen-bond donors (Lipinski definition) is 2. The van der Waals surface area contributed by atoms with Crippen LogP contribution in [-0.2, 0) is 61.9 Å². The maximum absolute atomic E-state index is 12.5. The highest BCUT2D eigenvalue weighted by atomic mass is 19.4. The topological polar surface area (TPSA) is 213 Å². The van der Waals surface area contributed by atoms with Crippen LogP contribution in [0.4, 0.5) is 13.2 Å². The molecule has 0 bridgehead atoms. The number of carbonyl (C=O) groups is 6. The molecule has 1 aliphatic heterocycles. The zero-order valence-electron chi connectivity index (χ0n) is 21.8. The van der Waals surface area contributed by atoms with Crippen molar-refractivity contribution in [2.24, 2.45) is 5.73 Å². The largest absolute Gasteiger partial charge is 0.490 e. The fourth-order valence-corrected chi connectivity index (χ4v) is 3.23. The number of esters is 5. The van der Waals surface area contributed by atoms with Gasteiger partial charge < -0.3 is 44.0 Å². The molecule has 1 saturated heterocycles. The van der Waals surface area contributed by atoms with Crippen LogP contribution in [-0.4, -0.2) is 104 Å². The van der Waals surface area contributed by atoms with Gasteiger partial charge >= 0.3 is 42.0 Å². The van der Waals surface area contributed by atoms with E-state index in [1.165, 1.54) is 0 Å². The molecule has 0 aromatic rings. The molecule has 0 aromatic heterocycles. The molecule has 0 saturated carbocycles. The second-order valence-corrected chi connectivity index (χ2v) is 7.79. The third kappa shape index (κ3) is 11.4. The van der Waals surface area contributed by atoms with E-state index in [4.69, 9.17) is 48.8 Å². The van der Waals surface area contributed by atoms with E-state index in [0.717, 1.165) is 41.9 Å². The molecule has 0 aromatic carbocycles. The monoisotopic (exact) mass is 577 g/mol. The number of methoxy groups -OCH3 is 2. The predicted molar refractivity (Wildman–Crippen MR) is 116 cm³/mol. The van der Waals surface area contributed by atoms with Crippen molar-refractivity contribution in [2.45, 2.75) is 76.5 Å². The third-order valence-corrected chi connectivity index (χ3v) is 4.75. The molecule has 1 rings (SSSR count). The summed E-state index contributed by atoms with van der Waals surface area (Å²) in [4.78, 5) is 67.8. The van der Waals surface area contributed by atoms with Gasteiger partial charge in [-0.05, 0) is 0 Å². The minimum absolute atomic E-state index is 0.331. The van der Waals surface area contributed by atoms with E-state index in [-0.39, 0.29) is 6.42 Å². The lowest BCUT2D eigenvalue weighted by molar-refractivity contribution is -0.305. The van der Waals surface area contributed by atoms with Crippen molar-refractivity contribution in [3.63, 3.8) is 0 Å². The minimum atomic E-state index is -5.08. The molecule has 0 radical (unpaired) electrons. The lowest BCUT2D eigenvalue weighted by atomic mass is 9.88. The van der Waals surface area contributed by atoms with Crippen LogP contribution in [0, 0.1) is 0 Å². The SMILES string of the molecule is COC(=O)[C@@]1(OC)C[C@H](OC(C)=O)[C@@H](N)[C@H]([C@H](OC(C)=O)[C@@H](COC(C)=O)OC(C)=O)O1.O=C(O)C(F)(F)F. The molecule has 18 heteroatoms. The van der Waals surface area contributed by atoms with Crippen LogP contribution in [0.15, 0.2) is 0 Å². The van der Waals surface area contributed by atoms with Crippen LogP contribution in [0.2, 0.25) is 0 Å². The zero-order valence-corrected chi connectivity index (χ0v) is 21.8. The van der Waals surface area contributed by atoms with Gasteiger partial charge in [0.2, 0.25) is 0 Å². The van der Waals surface area contributed by atoms with Crippen molar-refractivity contribution in [1.29, 1.82) is 0 Å². The number of carbonyl (C=O) groups excluding carboxylic acids is 5. The number of nitrogens with two attached hydrogens (primary N) is 1. The summed E-state index contributed by atoms with van der Waals surface area (Å²) < 4.78 is 68.2. The summed E-state index contributed by atoms with van der Waals surface area (Å²) in [6.45, 7) is 3.90. The highest BCUT2D eigenvalue weighted by molar-refractivity contribution is 5.78. The highest BCUT2D eigenvalue weighted by Crippen LogP contribution is 2.35. The number of carboxylic acids is 1. The van der Waals surface area contributed by atoms with E-state index in [0.29, 0.717) is 0 Å². The molecule has 15 nitrogen and oxygen atoms in total. The Bertz CT molecular complexity index is 911. The van der Waals surface area contributed by atoms with Gasteiger partial charge in [-0.25, -0.2) is 9.59 Å². The first kappa shape index (κ1) is 35.5. The minimum Gasteiger partial charge on any atom is -0.475 e. The number of halogens is 3. The van der Waals surface area contributed by atoms with Crippen molar-refractivity contribution >= 4 is 35.8 Å². The van der Waals surface area contributed by atoms with E-state index in [2.05, 4.69) is 0 Å². The van der Waals surface area contributed by atoms with Crippen LogP contribution in [0.3, 0.4) is 0 Å². The Labute approximate surface area is 219 Å². The average molecular weight is 577 g/mol. The summed E-state index contributed by atoms with van der Waals surface area (Å²) in [5.74, 6) is -8.83. The molecule has 1 heterocycles. The molecule has 0 unspecified atom stereocenters. The maximum Gasteiger partial charge on any atom is 0.490 e. The van der Waals surface area contributed by atoms with Gasteiger partial charge in [0.25, 0.3) is 5.79 Å². The van der Waals surface area contributed by atoms with Crippen molar-refractivity contribution in [1.82, 2.24) is 0 Å². The van der Waals surface area contributed by atoms with Gasteiger partial charge in [0.05, 0.1) is 19.6 Å². The average Bonchev–Trinajstić information content (AvgIpc) is 2.80. The van der Waals surface area contributed by atoms with Gasteiger partial charge in [-0.3, -0.25) is 19.2 Å². The quantitative estimate of drug-likeness (QED) is 0.264. The summed E-state index contributed by atoms with van der Waals surface area (Å²) in [6, 6.07) is -1.17. The first-order valence-electron chi connectivity index (χ1n) is 10.8. The van der Waals surface area contributed by atoms with Gasteiger partial charge in [0.1, 0.15) is 18.8 Å². The second-order valence-electron chi connectivity index (χ2n) is 7.79. The fraction of sp³-hybridized carbons (Fsp3) is 0.714. The first-order valence-corrected chi connectivity index (χ1v) is 10.8. The van der Waals surface area contributed by atoms with Crippen molar-refractivity contribution in [2.75, 3.05) is 20.8 Å². The number of ether oxygens (including phenoxy) is 7. The molecular weight excluding hydrogens is 547 g/mol. The highest BCUT2D eigenvalue weighted by Gasteiger charge is 2.57.